The van der Waals surface area contributed by atoms with Crippen LogP contribution in [0.25, 0.3) is 0 Å². The molecule has 6 heteroatoms. The van der Waals surface area contributed by atoms with Crippen LogP contribution in [0.5, 0.6) is 11.5 Å². The normalized spacial score (nSPS) is 16.1. The number of carbonyl (C=O) groups is 1. The van der Waals surface area contributed by atoms with Crippen LogP contribution in [0.3, 0.4) is 0 Å². The van der Waals surface area contributed by atoms with E-state index < -0.39 is 0 Å². The first-order valence-electron chi connectivity index (χ1n) is 8.07. The lowest BCUT2D eigenvalue weighted by Gasteiger charge is -2.29. The monoisotopic (exact) mass is 329 g/mol. The number of hydrogen-bond donors (Lipinski definition) is 0. The number of hydrogen-bond acceptors (Lipinski definition) is 4. The fourth-order valence-corrected chi connectivity index (χ4v) is 2.92. The van der Waals surface area contributed by atoms with Gasteiger partial charge in [0.1, 0.15) is 6.61 Å². The SMILES string of the molecule is Cc1nn(C)c(C)c1CC(=O)N(C)C[C@@H]1COc2ccccc2O1. The van der Waals surface area contributed by atoms with Crippen molar-refractivity contribution in [2.45, 2.75) is 26.4 Å². The van der Waals surface area contributed by atoms with Crippen molar-refractivity contribution >= 4 is 5.91 Å². The Kier molecular flexibility index (Phi) is 4.46. The van der Waals surface area contributed by atoms with E-state index in [0.29, 0.717) is 19.6 Å². The predicted molar refractivity (Wildman–Crippen MR) is 90.4 cm³/mol. The molecule has 0 saturated heterocycles. The first-order chi connectivity index (χ1) is 11.5. The Hall–Kier alpha value is -2.50. The van der Waals surface area contributed by atoms with Crippen molar-refractivity contribution in [1.82, 2.24) is 14.7 Å². The van der Waals surface area contributed by atoms with E-state index >= 15 is 0 Å². The fraction of sp³-hybridized carbons (Fsp3) is 0.444. The van der Waals surface area contributed by atoms with E-state index in [1.165, 1.54) is 0 Å². The van der Waals surface area contributed by atoms with E-state index in [1.54, 1.807) is 11.9 Å². The van der Waals surface area contributed by atoms with Crippen LogP contribution >= 0.6 is 0 Å². The van der Waals surface area contributed by atoms with Gasteiger partial charge >= 0.3 is 0 Å². The highest BCUT2D eigenvalue weighted by molar-refractivity contribution is 5.79. The van der Waals surface area contributed by atoms with Crippen LogP contribution in [0.2, 0.25) is 0 Å². The molecule has 0 aliphatic carbocycles. The lowest BCUT2D eigenvalue weighted by molar-refractivity contribution is -0.130. The molecule has 128 valence electrons. The minimum atomic E-state index is -0.162. The average molecular weight is 329 g/mol. The maximum Gasteiger partial charge on any atom is 0.227 e. The summed E-state index contributed by atoms with van der Waals surface area (Å²) in [5.41, 5.74) is 2.93. The van der Waals surface area contributed by atoms with E-state index in [2.05, 4.69) is 5.10 Å². The Morgan fingerprint density at radius 3 is 2.71 bits per heavy atom. The van der Waals surface area contributed by atoms with Gasteiger partial charge in [-0.1, -0.05) is 12.1 Å². The maximum absolute atomic E-state index is 12.5. The van der Waals surface area contributed by atoms with Crippen molar-refractivity contribution in [2.75, 3.05) is 20.2 Å². The molecule has 3 rings (SSSR count). The van der Waals surface area contributed by atoms with E-state index in [4.69, 9.17) is 9.47 Å². The lowest BCUT2D eigenvalue weighted by atomic mass is 10.1. The van der Waals surface area contributed by atoms with Crippen LogP contribution in [-0.2, 0) is 18.3 Å². The van der Waals surface area contributed by atoms with Crippen molar-refractivity contribution in [2.24, 2.45) is 7.05 Å². The zero-order chi connectivity index (χ0) is 17.3. The number of amides is 1. The Morgan fingerprint density at radius 2 is 2.04 bits per heavy atom. The molecule has 6 nitrogen and oxygen atoms in total. The van der Waals surface area contributed by atoms with Crippen LogP contribution in [0.15, 0.2) is 24.3 Å². The number of aromatic nitrogens is 2. The van der Waals surface area contributed by atoms with Gasteiger partial charge in [0.2, 0.25) is 5.91 Å². The Bertz CT molecular complexity index is 754. The van der Waals surface area contributed by atoms with Crippen molar-refractivity contribution in [3.05, 3.63) is 41.2 Å². The number of rotatable bonds is 4. The molecule has 1 amide bonds. The molecule has 0 radical (unpaired) electrons. The number of ether oxygens (including phenoxy) is 2. The van der Waals surface area contributed by atoms with Gasteiger partial charge < -0.3 is 14.4 Å². The van der Waals surface area contributed by atoms with Crippen molar-refractivity contribution in [1.29, 1.82) is 0 Å². The van der Waals surface area contributed by atoms with Gasteiger partial charge in [0.05, 0.1) is 18.7 Å². The molecule has 1 aromatic carbocycles. The molecule has 24 heavy (non-hydrogen) atoms. The van der Waals surface area contributed by atoms with E-state index in [-0.39, 0.29) is 12.0 Å². The zero-order valence-corrected chi connectivity index (χ0v) is 14.6. The second-order valence-corrected chi connectivity index (χ2v) is 6.22. The van der Waals surface area contributed by atoms with Crippen LogP contribution in [0.1, 0.15) is 17.0 Å². The van der Waals surface area contributed by atoms with E-state index in [1.807, 2.05) is 49.8 Å². The number of para-hydroxylation sites is 2. The molecular formula is C18H23N3O3. The Morgan fingerprint density at radius 1 is 1.33 bits per heavy atom. The van der Waals surface area contributed by atoms with Crippen LogP contribution < -0.4 is 9.47 Å². The molecule has 1 aliphatic heterocycles. The van der Waals surface area contributed by atoms with Gasteiger partial charge in [0.25, 0.3) is 0 Å². The minimum absolute atomic E-state index is 0.0525. The largest absolute Gasteiger partial charge is 0.486 e. The average Bonchev–Trinajstić information content (AvgIpc) is 2.81. The number of carbonyl (C=O) groups excluding carboxylic acids is 1. The minimum Gasteiger partial charge on any atom is -0.486 e. The van der Waals surface area contributed by atoms with Gasteiger partial charge in [-0.2, -0.15) is 5.10 Å². The predicted octanol–water partition coefficient (Wildman–Crippen LogP) is 1.88. The van der Waals surface area contributed by atoms with Crippen LogP contribution in [0, 0.1) is 13.8 Å². The van der Waals surface area contributed by atoms with Gasteiger partial charge in [-0.05, 0) is 26.0 Å². The molecule has 1 aliphatic rings. The second-order valence-electron chi connectivity index (χ2n) is 6.22. The molecular weight excluding hydrogens is 306 g/mol. The third-order valence-electron chi connectivity index (χ3n) is 4.46. The molecule has 2 heterocycles. The smallest absolute Gasteiger partial charge is 0.227 e. The topological polar surface area (TPSA) is 56.6 Å². The number of likely N-dealkylation sites (N-methyl/N-ethyl adjacent to an activating group) is 1. The molecule has 0 fully saturated rings. The van der Waals surface area contributed by atoms with Gasteiger partial charge in [0.15, 0.2) is 17.6 Å². The van der Waals surface area contributed by atoms with Crippen molar-refractivity contribution < 1.29 is 14.3 Å². The summed E-state index contributed by atoms with van der Waals surface area (Å²) in [6, 6.07) is 7.59. The summed E-state index contributed by atoms with van der Waals surface area (Å²) in [5.74, 6) is 1.54. The summed E-state index contributed by atoms with van der Waals surface area (Å²) in [4.78, 5) is 14.2. The fourth-order valence-electron chi connectivity index (χ4n) is 2.92. The number of nitrogens with zero attached hydrogens (tertiary/aromatic N) is 3. The van der Waals surface area contributed by atoms with Gasteiger partial charge in [-0.3, -0.25) is 9.48 Å². The van der Waals surface area contributed by atoms with E-state index in [9.17, 15) is 4.79 Å². The molecule has 0 N–H and O–H groups in total. The first kappa shape index (κ1) is 16.4. The molecule has 2 aromatic rings. The number of aryl methyl sites for hydroxylation is 2. The Balaban J connectivity index is 1.61. The van der Waals surface area contributed by atoms with Crippen molar-refractivity contribution in [3.63, 3.8) is 0 Å². The highest BCUT2D eigenvalue weighted by Crippen LogP contribution is 2.31. The Labute approximate surface area is 142 Å². The highest BCUT2D eigenvalue weighted by atomic mass is 16.6. The van der Waals surface area contributed by atoms with Gasteiger partial charge in [-0.15, -0.1) is 0 Å². The van der Waals surface area contributed by atoms with Gasteiger partial charge in [-0.25, -0.2) is 0 Å². The molecule has 1 atom stereocenters. The van der Waals surface area contributed by atoms with Crippen LogP contribution in [-0.4, -0.2) is 46.9 Å². The third-order valence-corrected chi connectivity index (χ3v) is 4.46. The third kappa shape index (κ3) is 3.22. The van der Waals surface area contributed by atoms with E-state index in [0.717, 1.165) is 28.5 Å². The van der Waals surface area contributed by atoms with Gasteiger partial charge in [0, 0.05) is 25.4 Å². The molecule has 0 saturated carbocycles. The summed E-state index contributed by atoms with van der Waals surface area (Å²) < 4.78 is 13.4. The molecule has 0 unspecified atom stereocenters. The lowest BCUT2D eigenvalue weighted by Crippen LogP contribution is -2.42. The maximum atomic E-state index is 12.5. The quantitative estimate of drug-likeness (QED) is 0.859. The van der Waals surface area contributed by atoms with Crippen molar-refractivity contribution in [3.8, 4) is 11.5 Å². The summed E-state index contributed by atoms with van der Waals surface area (Å²) in [5, 5.41) is 4.36. The molecule has 1 aromatic heterocycles. The number of benzene rings is 1. The highest BCUT2D eigenvalue weighted by Gasteiger charge is 2.24. The molecule has 0 spiro atoms. The standard InChI is InChI=1S/C18H23N3O3/c1-12-15(13(2)21(4)19-12)9-18(22)20(3)10-14-11-23-16-7-5-6-8-17(16)24-14/h5-8,14H,9-11H2,1-4H3/t14-/m1/s1. The zero-order valence-electron chi connectivity index (χ0n) is 14.6. The molecule has 0 bridgehead atoms. The first-order valence-corrected chi connectivity index (χ1v) is 8.07. The van der Waals surface area contributed by atoms with Crippen LogP contribution in [0.4, 0.5) is 0 Å². The summed E-state index contributed by atoms with van der Waals surface area (Å²) >= 11 is 0. The number of fused-ring (bicyclic) bond motifs is 1. The summed E-state index contributed by atoms with van der Waals surface area (Å²) in [6.07, 6.45) is 0.191. The second kappa shape index (κ2) is 6.55. The summed E-state index contributed by atoms with van der Waals surface area (Å²) in [7, 11) is 3.69. The summed E-state index contributed by atoms with van der Waals surface area (Å²) in [6.45, 7) is 4.85.